The summed E-state index contributed by atoms with van der Waals surface area (Å²) in [5, 5.41) is 0. The lowest BCUT2D eigenvalue weighted by molar-refractivity contribution is 0.290. The Labute approximate surface area is 116 Å². The van der Waals surface area contributed by atoms with E-state index < -0.39 is 0 Å². The Morgan fingerprint density at radius 1 is 1.06 bits per heavy atom. The maximum absolute atomic E-state index is 5.81. The summed E-state index contributed by atoms with van der Waals surface area (Å²) in [5.74, 6) is 1.09. The summed E-state index contributed by atoms with van der Waals surface area (Å²) in [6.45, 7) is 1.18. The molecular weight excluding hydrogens is 290 g/mol. The third-order valence-electron chi connectivity index (χ3n) is 2.80. The van der Waals surface area contributed by atoms with Crippen LogP contribution in [0.4, 0.5) is 0 Å². The minimum absolute atomic E-state index is 0.227. The molecule has 3 heteroatoms. The molecule has 0 fully saturated rings. The molecule has 1 unspecified atom stereocenters. The van der Waals surface area contributed by atoms with Crippen molar-refractivity contribution in [2.75, 3.05) is 13.2 Å². The van der Waals surface area contributed by atoms with E-state index in [0.29, 0.717) is 13.2 Å². The zero-order valence-electron chi connectivity index (χ0n) is 10.1. The van der Waals surface area contributed by atoms with Crippen LogP contribution in [-0.4, -0.2) is 13.2 Å². The molecular formula is C15H16BrNO. The van der Waals surface area contributed by atoms with E-state index in [1.165, 1.54) is 5.56 Å². The van der Waals surface area contributed by atoms with Gasteiger partial charge in [-0.15, -0.1) is 0 Å². The molecule has 0 heterocycles. The predicted octanol–water partition coefficient (Wildman–Crippen LogP) is 3.57. The maximum Gasteiger partial charge on any atom is 0.120 e. The van der Waals surface area contributed by atoms with Crippen LogP contribution in [-0.2, 0) is 0 Å². The van der Waals surface area contributed by atoms with Crippen molar-refractivity contribution in [1.82, 2.24) is 0 Å². The second-order valence-corrected chi connectivity index (χ2v) is 5.03. The zero-order chi connectivity index (χ0) is 12.8. The van der Waals surface area contributed by atoms with Crippen LogP contribution < -0.4 is 10.5 Å². The standard InChI is InChI=1S/C15H16BrNO/c16-14-7-4-8-15(9-14)18-11-13(10-17)12-5-2-1-3-6-12/h1-9,13H,10-11,17H2. The van der Waals surface area contributed by atoms with E-state index in [2.05, 4.69) is 28.1 Å². The van der Waals surface area contributed by atoms with Crippen LogP contribution in [0.1, 0.15) is 11.5 Å². The minimum Gasteiger partial charge on any atom is -0.493 e. The molecule has 0 bridgehead atoms. The fourth-order valence-electron chi connectivity index (χ4n) is 1.78. The molecule has 0 spiro atoms. The Morgan fingerprint density at radius 2 is 1.83 bits per heavy atom. The molecule has 0 aromatic heterocycles. The Bertz CT molecular complexity index is 487. The fourth-order valence-corrected chi connectivity index (χ4v) is 2.16. The molecule has 2 aromatic rings. The van der Waals surface area contributed by atoms with Gasteiger partial charge in [0.15, 0.2) is 0 Å². The molecule has 0 amide bonds. The van der Waals surface area contributed by atoms with Crippen LogP contribution in [0.25, 0.3) is 0 Å². The van der Waals surface area contributed by atoms with Gasteiger partial charge in [0.25, 0.3) is 0 Å². The predicted molar refractivity (Wildman–Crippen MR) is 77.9 cm³/mol. The first kappa shape index (κ1) is 13.1. The molecule has 0 saturated carbocycles. The first-order valence-electron chi connectivity index (χ1n) is 5.93. The van der Waals surface area contributed by atoms with Crippen molar-refractivity contribution >= 4 is 15.9 Å². The van der Waals surface area contributed by atoms with Gasteiger partial charge in [-0.1, -0.05) is 52.3 Å². The number of ether oxygens (including phenoxy) is 1. The first-order chi connectivity index (χ1) is 8.79. The van der Waals surface area contributed by atoms with Crippen LogP contribution in [0.15, 0.2) is 59.1 Å². The van der Waals surface area contributed by atoms with E-state index >= 15 is 0 Å². The van der Waals surface area contributed by atoms with Crippen molar-refractivity contribution in [2.24, 2.45) is 5.73 Å². The number of hydrogen-bond donors (Lipinski definition) is 1. The van der Waals surface area contributed by atoms with Crippen LogP contribution in [0.2, 0.25) is 0 Å². The van der Waals surface area contributed by atoms with Crippen LogP contribution in [0.3, 0.4) is 0 Å². The highest BCUT2D eigenvalue weighted by Gasteiger charge is 2.10. The van der Waals surface area contributed by atoms with E-state index in [0.717, 1.165) is 10.2 Å². The van der Waals surface area contributed by atoms with E-state index in [9.17, 15) is 0 Å². The van der Waals surface area contributed by atoms with Gasteiger partial charge in [0, 0.05) is 16.9 Å². The van der Waals surface area contributed by atoms with E-state index in [4.69, 9.17) is 10.5 Å². The monoisotopic (exact) mass is 305 g/mol. The molecule has 18 heavy (non-hydrogen) atoms. The SMILES string of the molecule is NCC(COc1cccc(Br)c1)c1ccccc1. The second-order valence-electron chi connectivity index (χ2n) is 4.11. The van der Waals surface area contributed by atoms with Crippen molar-refractivity contribution in [3.63, 3.8) is 0 Å². The molecule has 94 valence electrons. The normalized spacial score (nSPS) is 12.1. The summed E-state index contributed by atoms with van der Waals surface area (Å²) in [6.07, 6.45) is 0. The largest absolute Gasteiger partial charge is 0.493 e. The van der Waals surface area contributed by atoms with Gasteiger partial charge in [0.05, 0.1) is 6.61 Å². The second kappa shape index (κ2) is 6.57. The van der Waals surface area contributed by atoms with Gasteiger partial charge >= 0.3 is 0 Å². The fraction of sp³-hybridized carbons (Fsp3) is 0.200. The van der Waals surface area contributed by atoms with Gasteiger partial charge in [0.1, 0.15) is 5.75 Å². The van der Waals surface area contributed by atoms with Gasteiger partial charge < -0.3 is 10.5 Å². The van der Waals surface area contributed by atoms with Gasteiger partial charge in [0.2, 0.25) is 0 Å². The van der Waals surface area contributed by atoms with E-state index in [1.54, 1.807) is 0 Å². The molecule has 2 nitrogen and oxygen atoms in total. The summed E-state index contributed by atoms with van der Waals surface area (Å²) in [5.41, 5.74) is 7.03. The third-order valence-corrected chi connectivity index (χ3v) is 3.30. The Morgan fingerprint density at radius 3 is 2.50 bits per heavy atom. The van der Waals surface area contributed by atoms with Gasteiger partial charge in [-0.25, -0.2) is 0 Å². The van der Waals surface area contributed by atoms with Crippen molar-refractivity contribution in [3.05, 3.63) is 64.6 Å². The van der Waals surface area contributed by atoms with Crippen LogP contribution in [0, 0.1) is 0 Å². The van der Waals surface area contributed by atoms with Crippen LogP contribution >= 0.6 is 15.9 Å². The van der Waals surface area contributed by atoms with Gasteiger partial charge in [-0.2, -0.15) is 0 Å². The van der Waals surface area contributed by atoms with Crippen molar-refractivity contribution < 1.29 is 4.74 Å². The highest BCUT2D eigenvalue weighted by molar-refractivity contribution is 9.10. The van der Waals surface area contributed by atoms with Gasteiger partial charge in [-0.05, 0) is 23.8 Å². The summed E-state index contributed by atoms with van der Waals surface area (Å²) < 4.78 is 6.80. The molecule has 2 N–H and O–H groups in total. The average molecular weight is 306 g/mol. The van der Waals surface area contributed by atoms with Gasteiger partial charge in [-0.3, -0.25) is 0 Å². The highest BCUT2D eigenvalue weighted by Crippen LogP contribution is 2.20. The highest BCUT2D eigenvalue weighted by atomic mass is 79.9. The average Bonchev–Trinajstić information content (AvgIpc) is 2.41. The molecule has 2 rings (SSSR count). The van der Waals surface area contributed by atoms with Crippen LogP contribution in [0.5, 0.6) is 5.75 Å². The molecule has 0 radical (unpaired) electrons. The first-order valence-corrected chi connectivity index (χ1v) is 6.72. The van der Waals surface area contributed by atoms with Crippen molar-refractivity contribution in [3.8, 4) is 5.75 Å². The van der Waals surface area contributed by atoms with E-state index in [1.807, 2.05) is 42.5 Å². The molecule has 0 aliphatic carbocycles. The Balaban J connectivity index is 2.00. The van der Waals surface area contributed by atoms with Crippen molar-refractivity contribution in [1.29, 1.82) is 0 Å². The molecule has 2 aromatic carbocycles. The summed E-state index contributed by atoms with van der Waals surface area (Å²) in [4.78, 5) is 0. The number of rotatable bonds is 5. The molecule has 0 aliphatic heterocycles. The smallest absolute Gasteiger partial charge is 0.120 e. The summed E-state index contributed by atoms with van der Waals surface area (Å²) in [7, 11) is 0. The number of nitrogens with two attached hydrogens (primary N) is 1. The molecule has 0 saturated heterocycles. The summed E-state index contributed by atoms with van der Waals surface area (Å²) in [6, 6.07) is 18.1. The minimum atomic E-state index is 0.227. The number of hydrogen-bond acceptors (Lipinski definition) is 2. The summed E-state index contributed by atoms with van der Waals surface area (Å²) >= 11 is 3.43. The lowest BCUT2D eigenvalue weighted by Crippen LogP contribution is -2.19. The lowest BCUT2D eigenvalue weighted by atomic mass is 10.0. The topological polar surface area (TPSA) is 35.2 Å². The molecule has 1 atom stereocenters. The van der Waals surface area contributed by atoms with E-state index in [-0.39, 0.29) is 5.92 Å². The lowest BCUT2D eigenvalue weighted by Gasteiger charge is -2.16. The third kappa shape index (κ3) is 3.59. The molecule has 0 aliphatic rings. The number of halogens is 1. The maximum atomic E-state index is 5.81. The Kier molecular flexibility index (Phi) is 4.79. The number of benzene rings is 2. The zero-order valence-corrected chi connectivity index (χ0v) is 11.6. The Hall–Kier alpha value is -1.32. The quantitative estimate of drug-likeness (QED) is 0.916. The van der Waals surface area contributed by atoms with Crippen molar-refractivity contribution in [2.45, 2.75) is 5.92 Å².